The van der Waals surface area contributed by atoms with Gasteiger partial charge in [0.15, 0.2) is 11.5 Å². The summed E-state index contributed by atoms with van der Waals surface area (Å²) in [6.45, 7) is 8.28. The van der Waals surface area contributed by atoms with E-state index in [4.69, 9.17) is 10.3 Å². The first-order valence-corrected chi connectivity index (χ1v) is 12.7. The van der Waals surface area contributed by atoms with Crippen molar-refractivity contribution < 1.29 is 9.32 Å². The van der Waals surface area contributed by atoms with E-state index in [0.717, 1.165) is 44.9 Å². The minimum absolute atomic E-state index is 0.00914. The summed E-state index contributed by atoms with van der Waals surface area (Å²) in [7, 11) is 0. The zero-order valence-electron chi connectivity index (χ0n) is 21.4. The van der Waals surface area contributed by atoms with E-state index in [1.54, 1.807) is 6.92 Å². The number of aryl methyl sites for hydroxylation is 1. The Bertz CT molecular complexity index is 1110. The number of rotatable bonds is 10. The van der Waals surface area contributed by atoms with Crippen LogP contribution in [0.25, 0.3) is 0 Å². The SMILES string of the molecule is CCCCN(C(=O)CNC1(c2noc(C)n2)CCCCCC1)c1c(N)n(CC(C)C)c(=O)[nH]c1=O. The normalized spacial score (nSPS) is 15.8. The molecular weight excluding hydrogens is 450 g/mol. The van der Waals surface area contributed by atoms with Crippen LogP contribution in [-0.4, -0.2) is 38.7 Å². The highest BCUT2D eigenvalue weighted by Crippen LogP contribution is 2.34. The molecule has 0 bridgehead atoms. The van der Waals surface area contributed by atoms with Crippen molar-refractivity contribution >= 4 is 17.4 Å². The fourth-order valence-corrected chi connectivity index (χ4v) is 4.71. The number of aromatic nitrogens is 4. The van der Waals surface area contributed by atoms with E-state index < -0.39 is 16.8 Å². The number of nitrogens with zero attached hydrogens (tertiary/aromatic N) is 4. The van der Waals surface area contributed by atoms with Crippen molar-refractivity contribution in [3.05, 3.63) is 32.6 Å². The summed E-state index contributed by atoms with van der Waals surface area (Å²) in [5, 5.41) is 7.60. The number of nitrogens with two attached hydrogens (primary N) is 1. The molecule has 0 spiro atoms. The van der Waals surface area contributed by atoms with Crippen molar-refractivity contribution in [1.82, 2.24) is 25.0 Å². The summed E-state index contributed by atoms with van der Waals surface area (Å²) >= 11 is 0. The van der Waals surface area contributed by atoms with Crippen molar-refractivity contribution in [2.24, 2.45) is 5.92 Å². The average Bonchev–Trinajstić information content (AvgIpc) is 3.10. The first-order valence-electron chi connectivity index (χ1n) is 12.7. The first-order chi connectivity index (χ1) is 16.7. The summed E-state index contributed by atoms with van der Waals surface area (Å²) in [6.07, 6.45) is 7.28. The Morgan fingerprint density at radius 1 is 1.26 bits per heavy atom. The Balaban J connectivity index is 1.93. The molecule has 0 aliphatic heterocycles. The van der Waals surface area contributed by atoms with Gasteiger partial charge < -0.3 is 15.2 Å². The Kier molecular flexibility index (Phi) is 8.87. The van der Waals surface area contributed by atoms with Gasteiger partial charge in [-0.3, -0.25) is 24.5 Å². The molecule has 1 fully saturated rings. The quantitative estimate of drug-likeness (QED) is 0.430. The van der Waals surface area contributed by atoms with E-state index in [-0.39, 0.29) is 29.9 Å². The van der Waals surface area contributed by atoms with Crippen LogP contribution in [0.5, 0.6) is 0 Å². The van der Waals surface area contributed by atoms with Gasteiger partial charge in [0.25, 0.3) is 5.56 Å². The second-order valence-electron chi connectivity index (χ2n) is 9.88. The van der Waals surface area contributed by atoms with E-state index in [2.05, 4.69) is 20.4 Å². The van der Waals surface area contributed by atoms with Crippen LogP contribution in [0.1, 0.15) is 83.9 Å². The molecule has 2 heterocycles. The zero-order valence-corrected chi connectivity index (χ0v) is 21.4. The van der Waals surface area contributed by atoms with Crippen LogP contribution in [0.2, 0.25) is 0 Å². The maximum atomic E-state index is 13.6. The van der Waals surface area contributed by atoms with Crippen LogP contribution in [0.3, 0.4) is 0 Å². The van der Waals surface area contributed by atoms with Gasteiger partial charge >= 0.3 is 5.69 Å². The Morgan fingerprint density at radius 3 is 2.51 bits per heavy atom. The monoisotopic (exact) mass is 489 g/mol. The number of amides is 1. The number of unbranched alkanes of at least 4 members (excludes halogenated alkanes) is 1. The molecule has 0 saturated heterocycles. The molecule has 194 valence electrons. The molecule has 0 aromatic carbocycles. The van der Waals surface area contributed by atoms with Crippen molar-refractivity contribution in [3.63, 3.8) is 0 Å². The third-order valence-corrected chi connectivity index (χ3v) is 6.56. The molecule has 11 nitrogen and oxygen atoms in total. The van der Waals surface area contributed by atoms with E-state index in [1.807, 2.05) is 20.8 Å². The van der Waals surface area contributed by atoms with Crippen LogP contribution in [-0.2, 0) is 16.9 Å². The van der Waals surface area contributed by atoms with Gasteiger partial charge in [0.2, 0.25) is 11.8 Å². The summed E-state index contributed by atoms with van der Waals surface area (Å²) in [6, 6.07) is 0. The Morgan fingerprint density at radius 2 is 1.94 bits per heavy atom. The lowest BCUT2D eigenvalue weighted by atomic mass is 9.89. The summed E-state index contributed by atoms with van der Waals surface area (Å²) in [5.74, 6) is 0.883. The fraction of sp³-hybridized carbons (Fsp3) is 0.708. The molecule has 0 unspecified atom stereocenters. The highest BCUT2D eigenvalue weighted by Gasteiger charge is 2.38. The molecular formula is C24H39N7O4. The predicted molar refractivity (Wildman–Crippen MR) is 134 cm³/mol. The third kappa shape index (κ3) is 6.19. The molecule has 0 atom stereocenters. The highest BCUT2D eigenvalue weighted by atomic mass is 16.5. The van der Waals surface area contributed by atoms with Gasteiger partial charge in [0.05, 0.1) is 12.1 Å². The molecule has 1 aliphatic carbocycles. The van der Waals surface area contributed by atoms with Gasteiger partial charge in [-0.2, -0.15) is 4.98 Å². The van der Waals surface area contributed by atoms with E-state index >= 15 is 0 Å². The third-order valence-electron chi connectivity index (χ3n) is 6.56. The zero-order chi connectivity index (χ0) is 25.6. The van der Waals surface area contributed by atoms with Gasteiger partial charge in [0, 0.05) is 20.0 Å². The van der Waals surface area contributed by atoms with Crippen LogP contribution in [0, 0.1) is 12.8 Å². The van der Waals surface area contributed by atoms with Crippen LogP contribution in [0.15, 0.2) is 14.1 Å². The molecule has 35 heavy (non-hydrogen) atoms. The molecule has 1 aliphatic rings. The van der Waals surface area contributed by atoms with Crippen molar-refractivity contribution in [2.45, 2.75) is 91.1 Å². The topological polar surface area (TPSA) is 152 Å². The number of carbonyl (C=O) groups excluding carboxylic acids is 1. The van der Waals surface area contributed by atoms with Crippen LogP contribution >= 0.6 is 0 Å². The van der Waals surface area contributed by atoms with Gasteiger partial charge in [0.1, 0.15) is 5.82 Å². The molecule has 4 N–H and O–H groups in total. The first kappa shape index (κ1) is 26.7. The van der Waals surface area contributed by atoms with Crippen LogP contribution in [0.4, 0.5) is 11.5 Å². The number of aromatic amines is 1. The maximum Gasteiger partial charge on any atom is 0.330 e. The van der Waals surface area contributed by atoms with Gasteiger partial charge in [-0.15, -0.1) is 0 Å². The number of hydrogen-bond donors (Lipinski definition) is 3. The predicted octanol–water partition coefficient (Wildman–Crippen LogP) is 2.44. The lowest BCUT2D eigenvalue weighted by Gasteiger charge is -2.32. The van der Waals surface area contributed by atoms with Gasteiger partial charge in [-0.25, -0.2) is 4.79 Å². The standard InChI is InChI=1S/C24H39N7O4/c1-5-6-13-30(19-20(25)31(15-16(2)3)23(34)28-21(19)33)18(32)14-26-24(11-9-7-8-10-12-24)22-27-17(4)35-29-22/h16,26H,5-15,25H2,1-4H3,(H,28,33,34). The fourth-order valence-electron chi connectivity index (χ4n) is 4.71. The minimum Gasteiger partial charge on any atom is -0.383 e. The number of hydrogen-bond acceptors (Lipinski definition) is 8. The number of nitrogens with one attached hydrogen (secondary N) is 2. The van der Waals surface area contributed by atoms with Crippen molar-refractivity contribution in [3.8, 4) is 0 Å². The minimum atomic E-state index is -0.657. The highest BCUT2D eigenvalue weighted by molar-refractivity contribution is 5.96. The smallest absolute Gasteiger partial charge is 0.330 e. The molecule has 1 saturated carbocycles. The van der Waals surface area contributed by atoms with Crippen molar-refractivity contribution in [1.29, 1.82) is 0 Å². The van der Waals surface area contributed by atoms with Gasteiger partial charge in [-0.1, -0.05) is 58.0 Å². The summed E-state index contributed by atoms with van der Waals surface area (Å²) < 4.78 is 6.59. The second-order valence-corrected chi connectivity index (χ2v) is 9.88. The summed E-state index contributed by atoms with van der Waals surface area (Å²) in [5.41, 5.74) is 4.54. The lowest BCUT2D eigenvalue weighted by Crippen LogP contribution is -2.50. The number of anilines is 2. The molecule has 1 amide bonds. The molecule has 2 aromatic rings. The Hall–Kier alpha value is -2.95. The van der Waals surface area contributed by atoms with Crippen LogP contribution < -0.4 is 27.2 Å². The molecule has 2 aromatic heterocycles. The second kappa shape index (κ2) is 11.7. The number of nitrogen functional groups attached to an aromatic ring is 1. The average molecular weight is 490 g/mol. The van der Waals surface area contributed by atoms with Crippen molar-refractivity contribution in [2.75, 3.05) is 23.7 Å². The summed E-state index contributed by atoms with van der Waals surface area (Å²) in [4.78, 5) is 47.1. The van der Waals surface area contributed by atoms with E-state index in [9.17, 15) is 14.4 Å². The molecule has 11 heteroatoms. The largest absolute Gasteiger partial charge is 0.383 e. The molecule has 0 radical (unpaired) electrons. The molecule has 3 rings (SSSR count). The lowest BCUT2D eigenvalue weighted by molar-refractivity contribution is -0.118. The number of carbonyl (C=O) groups is 1. The van der Waals surface area contributed by atoms with Gasteiger partial charge in [-0.05, 0) is 25.2 Å². The van der Waals surface area contributed by atoms with E-state index in [0.29, 0.717) is 31.2 Å². The Labute approximate surface area is 205 Å². The van der Waals surface area contributed by atoms with E-state index in [1.165, 1.54) is 9.47 Å². The maximum absolute atomic E-state index is 13.6. The number of H-pyrrole nitrogens is 1.